The van der Waals surface area contributed by atoms with Crippen molar-refractivity contribution >= 4 is 17.8 Å². The molecule has 1 atom stereocenters. The Bertz CT molecular complexity index is 632. The molecule has 0 spiro atoms. The van der Waals surface area contributed by atoms with Crippen LogP contribution in [0.5, 0.6) is 5.75 Å². The average molecular weight is 378 g/mol. The Morgan fingerprint density at radius 3 is 2.65 bits per heavy atom. The van der Waals surface area contributed by atoms with Crippen LogP contribution in [0.4, 0.5) is 4.79 Å². The Balaban J connectivity index is 1.41. The van der Waals surface area contributed by atoms with Gasteiger partial charge in [0.25, 0.3) is 0 Å². The zero-order valence-electron chi connectivity index (χ0n) is 16.2. The summed E-state index contributed by atoms with van der Waals surface area (Å²) in [6, 6.07) is 8.24. The lowest BCUT2D eigenvalue weighted by atomic mass is 9.80. The molecule has 0 radical (unpaired) electrons. The van der Waals surface area contributed by atoms with Gasteiger partial charge in [-0.1, -0.05) is 12.1 Å². The molecular formula is C20H31N3O2S. The number of thioether (sulfide) groups is 1. The third kappa shape index (κ3) is 5.30. The van der Waals surface area contributed by atoms with Crippen molar-refractivity contribution in [3.05, 3.63) is 24.3 Å². The molecular weight excluding hydrogens is 346 g/mol. The van der Waals surface area contributed by atoms with E-state index in [-0.39, 0.29) is 29.3 Å². The molecule has 5 nitrogen and oxygen atoms in total. The topological polar surface area (TPSA) is 62.4 Å². The quantitative estimate of drug-likeness (QED) is 0.751. The van der Waals surface area contributed by atoms with Crippen molar-refractivity contribution < 1.29 is 9.53 Å². The Labute approximate surface area is 161 Å². The van der Waals surface area contributed by atoms with Crippen LogP contribution in [-0.4, -0.2) is 41.6 Å². The summed E-state index contributed by atoms with van der Waals surface area (Å²) < 4.78 is 6.02. The molecule has 3 N–H and O–H groups in total. The number of ether oxygens (including phenoxy) is 1. The minimum Gasteiger partial charge on any atom is -0.488 e. The first-order valence-corrected chi connectivity index (χ1v) is 10.4. The molecule has 2 aliphatic rings. The molecule has 6 heteroatoms. The summed E-state index contributed by atoms with van der Waals surface area (Å²) in [5, 5.41) is 9.78. The molecule has 0 saturated carbocycles. The highest BCUT2D eigenvalue weighted by molar-refractivity contribution is 7.99. The zero-order valence-corrected chi connectivity index (χ0v) is 17.0. The number of fused-ring (bicyclic) bond motifs is 1. The maximum absolute atomic E-state index is 12.3. The molecule has 2 heterocycles. The number of urea groups is 1. The van der Waals surface area contributed by atoms with Crippen LogP contribution in [0, 0.1) is 0 Å². The second-order valence-corrected chi connectivity index (χ2v) is 9.75. The number of hydrogen-bond donors (Lipinski definition) is 3. The highest BCUT2D eigenvalue weighted by atomic mass is 32.2. The van der Waals surface area contributed by atoms with Gasteiger partial charge in [0.2, 0.25) is 0 Å². The van der Waals surface area contributed by atoms with Gasteiger partial charge in [-0.25, -0.2) is 4.79 Å². The highest BCUT2D eigenvalue weighted by Crippen LogP contribution is 2.35. The van der Waals surface area contributed by atoms with Gasteiger partial charge in [-0.05, 0) is 52.7 Å². The number of nitrogens with one attached hydrogen (secondary N) is 3. The smallest absolute Gasteiger partial charge is 0.315 e. The van der Waals surface area contributed by atoms with Crippen molar-refractivity contribution in [2.45, 2.75) is 75.1 Å². The normalized spacial score (nSPS) is 24.2. The van der Waals surface area contributed by atoms with Gasteiger partial charge in [0.05, 0.1) is 0 Å². The van der Waals surface area contributed by atoms with Gasteiger partial charge >= 0.3 is 6.03 Å². The lowest BCUT2D eigenvalue weighted by Gasteiger charge is -2.46. The van der Waals surface area contributed by atoms with E-state index in [1.165, 1.54) is 4.90 Å². The lowest BCUT2D eigenvalue weighted by Crippen LogP contribution is -2.62. The van der Waals surface area contributed by atoms with E-state index in [9.17, 15) is 4.79 Å². The van der Waals surface area contributed by atoms with E-state index in [0.717, 1.165) is 30.8 Å². The predicted molar refractivity (Wildman–Crippen MR) is 107 cm³/mol. The fraction of sp³-hybridized carbons (Fsp3) is 0.650. The minimum atomic E-state index is -0.0765. The van der Waals surface area contributed by atoms with Crippen LogP contribution >= 0.6 is 11.8 Å². The number of carbonyl (C=O) groups is 1. The highest BCUT2D eigenvalue weighted by Gasteiger charge is 2.38. The van der Waals surface area contributed by atoms with Crippen molar-refractivity contribution in [1.29, 1.82) is 0 Å². The lowest BCUT2D eigenvalue weighted by molar-refractivity contribution is 0.147. The van der Waals surface area contributed by atoms with Crippen molar-refractivity contribution in [1.82, 2.24) is 16.0 Å². The molecule has 2 aliphatic heterocycles. The summed E-state index contributed by atoms with van der Waals surface area (Å²) in [4.78, 5) is 13.5. The molecule has 1 fully saturated rings. The van der Waals surface area contributed by atoms with E-state index in [2.05, 4.69) is 49.7 Å². The molecule has 1 aromatic rings. The van der Waals surface area contributed by atoms with Gasteiger partial charge < -0.3 is 20.7 Å². The molecule has 0 bridgehead atoms. The van der Waals surface area contributed by atoms with Gasteiger partial charge in [0.1, 0.15) is 11.9 Å². The number of benzene rings is 1. The summed E-state index contributed by atoms with van der Waals surface area (Å²) >= 11 is 1.82. The standard InChI is InChI=1S/C20H31N3O2S/c1-19(2)11-14(12-20(3,4)23-19)22-18(24)21-10-9-15-13-26-17-8-6-5-7-16(17)25-15/h5-8,14-15,23H,9-13H2,1-4H3,(H2,21,22,24). The number of piperidine rings is 1. The third-order valence-corrected chi connectivity index (χ3v) is 6.03. The second-order valence-electron chi connectivity index (χ2n) is 8.68. The second kappa shape index (κ2) is 7.69. The first kappa shape index (κ1) is 19.4. The first-order valence-electron chi connectivity index (χ1n) is 9.45. The molecule has 144 valence electrons. The Morgan fingerprint density at radius 1 is 1.23 bits per heavy atom. The van der Waals surface area contributed by atoms with Gasteiger partial charge in [-0.15, -0.1) is 11.8 Å². The summed E-state index contributed by atoms with van der Waals surface area (Å²) in [5.41, 5.74) is 0.0560. The van der Waals surface area contributed by atoms with Gasteiger partial charge in [0, 0.05) is 40.7 Å². The van der Waals surface area contributed by atoms with E-state index in [1.54, 1.807) is 0 Å². The molecule has 0 aliphatic carbocycles. The molecule has 0 aromatic heterocycles. The number of amides is 2. The number of carbonyl (C=O) groups excluding carboxylic acids is 1. The summed E-state index contributed by atoms with van der Waals surface area (Å²) in [7, 11) is 0. The largest absolute Gasteiger partial charge is 0.488 e. The average Bonchev–Trinajstić information content (AvgIpc) is 2.51. The summed E-state index contributed by atoms with van der Waals surface area (Å²) in [6.45, 7) is 9.39. The maximum atomic E-state index is 12.3. The predicted octanol–water partition coefficient (Wildman–Crippen LogP) is 3.54. The van der Waals surface area contributed by atoms with Gasteiger partial charge in [-0.3, -0.25) is 0 Å². The summed E-state index contributed by atoms with van der Waals surface area (Å²) in [5.74, 6) is 1.88. The monoisotopic (exact) mass is 377 g/mol. The molecule has 26 heavy (non-hydrogen) atoms. The SMILES string of the molecule is CC1(C)CC(NC(=O)NCCC2CSc3ccccc3O2)CC(C)(C)N1. The van der Waals surface area contributed by atoms with Gasteiger partial charge in [-0.2, -0.15) is 0 Å². The fourth-order valence-corrected chi connectivity index (χ4v) is 5.25. The minimum absolute atomic E-state index is 0.0280. The van der Waals surface area contributed by atoms with Crippen LogP contribution in [0.3, 0.4) is 0 Å². The Hall–Kier alpha value is -1.40. The van der Waals surface area contributed by atoms with Crippen LogP contribution in [0.2, 0.25) is 0 Å². The van der Waals surface area contributed by atoms with Crippen LogP contribution in [-0.2, 0) is 0 Å². The van der Waals surface area contributed by atoms with Crippen molar-refractivity contribution in [2.75, 3.05) is 12.3 Å². The van der Waals surface area contributed by atoms with Crippen molar-refractivity contribution in [2.24, 2.45) is 0 Å². The van der Waals surface area contributed by atoms with E-state index in [0.29, 0.717) is 6.54 Å². The maximum Gasteiger partial charge on any atom is 0.315 e. The van der Waals surface area contributed by atoms with E-state index >= 15 is 0 Å². The molecule has 1 aromatic carbocycles. The number of para-hydroxylation sites is 1. The van der Waals surface area contributed by atoms with Crippen LogP contribution in [0.15, 0.2) is 29.2 Å². The van der Waals surface area contributed by atoms with E-state index < -0.39 is 0 Å². The first-order chi connectivity index (χ1) is 12.2. The molecule has 3 rings (SSSR count). The number of hydrogen-bond acceptors (Lipinski definition) is 4. The third-order valence-electron chi connectivity index (χ3n) is 4.84. The van der Waals surface area contributed by atoms with Crippen LogP contribution in [0.25, 0.3) is 0 Å². The van der Waals surface area contributed by atoms with Crippen LogP contribution in [0.1, 0.15) is 47.0 Å². The van der Waals surface area contributed by atoms with E-state index in [4.69, 9.17) is 4.74 Å². The van der Waals surface area contributed by atoms with Crippen molar-refractivity contribution in [3.63, 3.8) is 0 Å². The molecule has 1 saturated heterocycles. The van der Waals surface area contributed by atoms with Gasteiger partial charge in [0.15, 0.2) is 0 Å². The van der Waals surface area contributed by atoms with Crippen LogP contribution < -0.4 is 20.7 Å². The Kier molecular flexibility index (Phi) is 5.72. The van der Waals surface area contributed by atoms with Crippen molar-refractivity contribution in [3.8, 4) is 5.75 Å². The zero-order chi connectivity index (χ0) is 18.8. The summed E-state index contributed by atoms with van der Waals surface area (Å²) in [6.07, 6.45) is 2.83. The van der Waals surface area contributed by atoms with E-state index in [1.807, 2.05) is 30.0 Å². The number of rotatable bonds is 4. The molecule has 1 unspecified atom stereocenters. The Morgan fingerprint density at radius 2 is 1.92 bits per heavy atom. The fourth-order valence-electron chi connectivity index (χ4n) is 4.21. The molecule has 2 amide bonds.